The van der Waals surface area contributed by atoms with Crippen molar-refractivity contribution in [1.29, 1.82) is 0 Å². The van der Waals surface area contributed by atoms with Crippen LogP contribution in [0.15, 0.2) is 71.3 Å². The zero-order chi connectivity index (χ0) is 25.8. The third-order valence-corrected chi connectivity index (χ3v) is 6.15. The number of nitrogens with zero attached hydrogens (tertiary/aromatic N) is 1. The van der Waals surface area contributed by atoms with Crippen molar-refractivity contribution in [3.63, 3.8) is 0 Å². The van der Waals surface area contributed by atoms with Crippen LogP contribution in [0.25, 0.3) is 22.6 Å². The van der Waals surface area contributed by atoms with Crippen molar-refractivity contribution in [2.45, 2.75) is 26.3 Å². The third kappa shape index (κ3) is 5.43. The number of hydrogen-bond donors (Lipinski definition) is 2. The Morgan fingerprint density at radius 1 is 1.03 bits per heavy atom. The average Bonchev–Trinajstić information content (AvgIpc) is 3.56. The molecule has 0 saturated heterocycles. The van der Waals surface area contributed by atoms with Gasteiger partial charge < -0.3 is 14.5 Å². The van der Waals surface area contributed by atoms with Gasteiger partial charge in [0.25, 0.3) is 5.91 Å². The summed E-state index contributed by atoms with van der Waals surface area (Å²) in [5.41, 5.74) is 5.95. The van der Waals surface area contributed by atoms with E-state index in [-0.39, 0.29) is 6.54 Å². The van der Waals surface area contributed by atoms with Crippen molar-refractivity contribution < 1.29 is 23.5 Å². The van der Waals surface area contributed by atoms with Gasteiger partial charge in [0.05, 0.1) is 29.6 Å². The Morgan fingerprint density at radius 2 is 1.84 bits per heavy atom. The normalized spacial score (nSPS) is 13.4. The average molecular weight is 496 g/mol. The van der Waals surface area contributed by atoms with Crippen LogP contribution in [0.4, 0.5) is 4.79 Å². The van der Waals surface area contributed by atoms with Gasteiger partial charge in [-0.25, -0.2) is 14.6 Å². The molecule has 0 saturated carbocycles. The van der Waals surface area contributed by atoms with Crippen LogP contribution in [0.1, 0.15) is 44.9 Å². The predicted octanol–water partition coefficient (Wildman–Crippen LogP) is 4.81. The molecule has 0 bridgehead atoms. The second-order valence-electron chi connectivity index (χ2n) is 8.80. The molecule has 8 nitrogen and oxygen atoms in total. The number of imide groups is 1. The fourth-order valence-corrected chi connectivity index (χ4v) is 4.37. The number of aromatic nitrogens is 1. The summed E-state index contributed by atoms with van der Waals surface area (Å²) in [6.07, 6.45) is 4.96. The molecule has 0 radical (unpaired) electrons. The minimum Gasteiger partial charge on any atom is -0.467 e. The standard InChI is InChI=1S/C29H25N3O5/c1-18-8-10-19(11-9-18)15-20-12-13-23-26(22-6-2-3-7-24(22)31-27(20)23)28(34)37-17-25(33)32-29(35)30-16-21-5-4-14-36-21/h2-11,14-15H,12-13,16-17H2,1H3,(H2,30,32,33,35). The topological polar surface area (TPSA) is 111 Å². The number of rotatable bonds is 6. The summed E-state index contributed by atoms with van der Waals surface area (Å²) in [4.78, 5) is 42.3. The second kappa shape index (κ2) is 10.5. The SMILES string of the molecule is Cc1ccc(C=C2CCc3c2nc2ccccc2c3C(=O)OCC(=O)NC(=O)NCc2ccco2)cc1. The number of amides is 3. The van der Waals surface area contributed by atoms with E-state index in [1.54, 1.807) is 12.1 Å². The summed E-state index contributed by atoms with van der Waals surface area (Å²) < 4.78 is 10.5. The van der Waals surface area contributed by atoms with Crippen LogP contribution in [0.2, 0.25) is 0 Å². The molecule has 2 aromatic carbocycles. The fourth-order valence-electron chi connectivity index (χ4n) is 4.37. The highest BCUT2D eigenvalue weighted by Gasteiger charge is 2.28. The Kier molecular flexibility index (Phi) is 6.81. The number of pyridine rings is 1. The number of nitrogens with one attached hydrogen (secondary N) is 2. The van der Waals surface area contributed by atoms with Gasteiger partial charge in [-0.1, -0.05) is 48.0 Å². The molecule has 0 atom stereocenters. The van der Waals surface area contributed by atoms with Crippen molar-refractivity contribution in [1.82, 2.24) is 15.6 Å². The molecule has 1 aliphatic rings. The molecule has 2 aromatic heterocycles. The van der Waals surface area contributed by atoms with Gasteiger partial charge in [-0.05, 0) is 60.7 Å². The Morgan fingerprint density at radius 3 is 2.62 bits per heavy atom. The first-order valence-electron chi connectivity index (χ1n) is 11.9. The Balaban J connectivity index is 1.33. The van der Waals surface area contributed by atoms with Crippen LogP contribution in [-0.2, 0) is 22.5 Å². The summed E-state index contributed by atoms with van der Waals surface area (Å²) in [6.45, 7) is 1.57. The number of esters is 1. The van der Waals surface area contributed by atoms with Crippen molar-refractivity contribution in [2.75, 3.05) is 6.61 Å². The largest absolute Gasteiger partial charge is 0.467 e. The number of allylic oxidation sites excluding steroid dienone is 1. The number of furan rings is 1. The highest BCUT2D eigenvalue weighted by molar-refractivity contribution is 6.08. The van der Waals surface area contributed by atoms with E-state index in [1.807, 2.05) is 31.2 Å². The zero-order valence-corrected chi connectivity index (χ0v) is 20.2. The van der Waals surface area contributed by atoms with Gasteiger partial charge in [-0.3, -0.25) is 10.1 Å². The predicted molar refractivity (Wildman–Crippen MR) is 138 cm³/mol. The van der Waals surface area contributed by atoms with Crippen molar-refractivity contribution in [3.8, 4) is 0 Å². The highest BCUT2D eigenvalue weighted by atomic mass is 16.5. The molecule has 37 heavy (non-hydrogen) atoms. The van der Waals surface area contributed by atoms with Gasteiger partial charge >= 0.3 is 12.0 Å². The van der Waals surface area contributed by atoms with Crippen LogP contribution in [0.3, 0.4) is 0 Å². The lowest BCUT2D eigenvalue weighted by atomic mass is 10.0. The van der Waals surface area contributed by atoms with Gasteiger partial charge in [0.15, 0.2) is 6.61 Å². The van der Waals surface area contributed by atoms with E-state index < -0.39 is 24.5 Å². The quantitative estimate of drug-likeness (QED) is 0.372. The molecule has 1 aliphatic carbocycles. The molecule has 2 heterocycles. The molecule has 4 aromatic rings. The van der Waals surface area contributed by atoms with Crippen LogP contribution in [0.5, 0.6) is 0 Å². The van der Waals surface area contributed by atoms with Crippen molar-refractivity contribution >= 4 is 40.5 Å². The zero-order valence-electron chi connectivity index (χ0n) is 20.2. The summed E-state index contributed by atoms with van der Waals surface area (Å²) in [6, 6.07) is 18.3. The Bertz CT molecular complexity index is 1500. The molecule has 2 N–H and O–H groups in total. The van der Waals surface area contributed by atoms with E-state index in [1.165, 1.54) is 11.8 Å². The molecule has 0 aliphatic heterocycles. The van der Waals surface area contributed by atoms with Gasteiger partial charge in [-0.15, -0.1) is 0 Å². The molecule has 0 unspecified atom stereocenters. The lowest BCUT2D eigenvalue weighted by Crippen LogP contribution is -2.41. The Hall–Kier alpha value is -4.72. The van der Waals surface area contributed by atoms with Gasteiger partial charge in [0, 0.05) is 5.39 Å². The minimum absolute atomic E-state index is 0.124. The summed E-state index contributed by atoms with van der Waals surface area (Å²) in [5.74, 6) is -0.818. The number of para-hydroxylation sites is 1. The maximum atomic E-state index is 13.2. The maximum absolute atomic E-state index is 13.2. The Labute approximate surface area is 213 Å². The molecular formula is C29H25N3O5. The van der Waals surface area contributed by atoms with E-state index in [4.69, 9.17) is 14.1 Å². The molecule has 8 heteroatoms. The van der Waals surface area contributed by atoms with Crippen LogP contribution >= 0.6 is 0 Å². The molecular weight excluding hydrogens is 470 g/mol. The number of ether oxygens (including phenoxy) is 1. The van der Waals surface area contributed by atoms with Crippen LogP contribution < -0.4 is 10.6 Å². The smallest absolute Gasteiger partial charge is 0.339 e. The third-order valence-electron chi connectivity index (χ3n) is 6.15. The summed E-state index contributed by atoms with van der Waals surface area (Å²) in [5, 5.41) is 5.32. The van der Waals surface area contributed by atoms with E-state index in [0.29, 0.717) is 28.6 Å². The van der Waals surface area contributed by atoms with E-state index in [0.717, 1.165) is 28.8 Å². The number of carbonyl (C=O) groups excluding carboxylic acids is 3. The van der Waals surface area contributed by atoms with Gasteiger partial charge in [-0.2, -0.15) is 0 Å². The van der Waals surface area contributed by atoms with E-state index in [2.05, 4.69) is 41.0 Å². The molecule has 186 valence electrons. The molecule has 3 amide bonds. The van der Waals surface area contributed by atoms with Crippen LogP contribution in [0, 0.1) is 6.92 Å². The fraction of sp³-hybridized carbons (Fsp3) is 0.172. The van der Waals surface area contributed by atoms with Crippen LogP contribution in [-0.4, -0.2) is 29.5 Å². The summed E-state index contributed by atoms with van der Waals surface area (Å²) in [7, 11) is 0. The number of fused-ring (bicyclic) bond motifs is 2. The monoisotopic (exact) mass is 495 g/mol. The number of carbonyl (C=O) groups is 3. The lowest BCUT2D eigenvalue weighted by molar-refractivity contribution is -0.123. The second-order valence-corrected chi connectivity index (χ2v) is 8.80. The number of urea groups is 1. The number of benzene rings is 2. The molecule has 5 rings (SSSR count). The first kappa shape index (κ1) is 24.0. The maximum Gasteiger partial charge on any atom is 0.339 e. The van der Waals surface area contributed by atoms with Gasteiger partial charge in [0.1, 0.15) is 5.76 Å². The van der Waals surface area contributed by atoms with E-state index in [9.17, 15) is 14.4 Å². The van der Waals surface area contributed by atoms with Gasteiger partial charge in [0.2, 0.25) is 0 Å². The first-order chi connectivity index (χ1) is 18.0. The summed E-state index contributed by atoms with van der Waals surface area (Å²) >= 11 is 0. The first-order valence-corrected chi connectivity index (χ1v) is 11.9. The van der Waals surface area contributed by atoms with Crippen molar-refractivity contribution in [2.24, 2.45) is 0 Å². The molecule has 0 spiro atoms. The highest BCUT2D eigenvalue weighted by Crippen LogP contribution is 2.37. The minimum atomic E-state index is -0.736. The van der Waals surface area contributed by atoms with Crippen molar-refractivity contribution in [3.05, 3.63) is 101 Å². The van der Waals surface area contributed by atoms with E-state index >= 15 is 0 Å². The molecule has 0 fully saturated rings. The number of hydrogen-bond acceptors (Lipinski definition) is 6. The lowest BCUT2D eigenvalue weighted by Gasteiger charge is -2.12. The number of aryl methyl sites for hydroxylation is 1.